The highest BCUT2D eigenvalue weighted by Crippen LogP contribution is 2.08. The molecule has 1 rings (SSSR count). The molecule has 0 spiro atoms. The molecule has 16 heavy (non-hydrogen) atoms. The zero-order chi connectivity index (χ0) is 12.0. The van der Waals surface area contributed by atoms with Crippen molar-refractivity contribution >= 4 is 17.4 Å². The molecule has 0 aromatic heterocycles. The van der Waals surface area contributed by atoms with Gasteiger partial charge in [-0.3, -0.25) is 5.43 Å². The van der Waals surface area contributed by atoms with Crippen LogP contribution in [0.2, 0.25) is 0 Å². The lowest BCUT2D eigenvalue weighted by Crippen LogP contribution is -2.15. The van der Waals surface area contributed by atoms with Crippen molar-refractivity contribution < 1.29 is 13.9 Å². The zero-order valence-corrected chi connectivity index (χ0v) is 8.40. The maximum atomic E-state index is 12.8. The van der Waals surface area contributed by atoms with Crippen LogP contribution in [0.25, 0.3) is 0 Å². The van der Waals surface area contributed by atoms with E-state index in [-0.39, 0.29) is 0 Å². The number of nitrogens with zero attached hydrogens (tertiary/aromatic N) is 2. The minimum Gasteiger partial charge on any atom is -0.464 e. The van der Waals surface area contributed by atoms with Gasteiger partial charge in [0, 0.05) is 0 Å². The second kappa shape index (κ2) is 5.46. The van der Waals surface area contributed by atoms with Gasteiger partial charge in [0.25, 0.3) is 0 Å². The van der Waals surface area contributed by atoms with Gasteiger partial charge in [-0.2, -0.15) is 10.4 Å². The van der Waals surface area contributed by atoms with Crippen LogP contribution in [0.3, 0.4) is 0 Å². The summed E-state index contributed by atoms with van der Waals surface area (Å²) in [6, 6.07) is 7.01. The monoisotopic (exact) mass is 221 g/mol. The summed E-state index contributed by atoms with van der Waals surface area (Å²) in [6.45, 7) is 0. The number of hydrogen-bond acceptors (Lipinski definition) is 5. The summed E-state index contributed by atoms with van der Waals surface area (Å²) in [4.78, 5) is 10.9. The van der Waals surface area contributed by atoms with Gasteiger partial charge >= 0.3 is 5.97 Å². The second-order valence-electron chi connectivity index (χ2n) is 2.69. The molecule has 1 aromatic rings. The molecule has 82 valence electrons. The Morgan fingerprint density at radius 3 is 2.94 bits per heavy atom. The van der Waals surface area contributed by atoms with Gasteiger partial charge in [0.05, 0.1) is 12.8 Å². The Bertz CT molecular complexity index is 465. The number of halogens is 1. The topological polar surface area (TPSA) is 74.5 Å². The summed E-state index contributed by atoms with van der Waals surface area (Å²) in [7, 11) is 1.14. The van der Waals surface area contributed by atoms with Crippen LogP contribution < -0.4 is 5.43 Å². The lowest BCUT2D eigenvalue weighted by molar-refractivity contribution is -0.132. The number of benzene rings is 1. The summed E-state index contributed by atoms with van der Waals surface area (Å²) in [6.07, 6.45) is 0. The van der Waals surface area contributed by atoms with Crippen molar-refractivity contribution in [1.29, 1.82) is 5.26 Å². The number of esters is 1. The highest BCUT2D eigenvalue weighted by atomic mass is 19.1. The van der Waals surface area contributed by atoms with Gasteiger partial charge in [-0.25, -0.2) is 9.18 Å². The average molecular weight is 221 g/mol. The van der Waals surface area contributed by atoms with Crippen LogP contribution in [-0.2, 0) is 9.53 Å². The number of anilines is 1. The molecular weight excluding hydrogens is 213 g/mol. The Labute approximate surface area is 91.1 Å². The van der Waals surface area contributed by atoms with E-state index in [9.17, 15) is 9.18 Å². The van der Waals surface area contributed by atoms with Crippen LogP contribution in [0.5, 0.6) is 0 Å². The van der Waals surface area contributed by atoms with E-state index in [1.165, 1.54) is 18.2 Å². The minimum absolute atomic E-state index is 0.330. The summed E-state index contributed by atoms with van der Waals surface area (Å²) in [5.41, 5.74) is 2.27. The van der Waals surface area contributed by atoms with Crippen LogP contribution in [0.15, 0.2) is 29.4 Å². The molecule has 0 saturated heterocycles. The molecule has 5 nitrogen and oxygen atoms in total. The number of hydrazone groups is 1. The van der Waals surface area contributed by atoms with E-state index in [4.69, 9.17) is 5.26 Å². The third kappa shape index (κ3) is 3.06. The van der Waals surface area contributed by atoms with E-state index in [0.29, 0.717) is 5.69 Å². The molecule has 6 heteroatoms. The third-order valence-corrected chi connectivity index (χ3v) is 1.61. The summed E-state index contributed by atoms with van der Waals surface area (Å²) in [5, 5.41) is 12.1. The van der Waals surface area contributed by atoms with Crippen LogP contribution in [0, 0.1) is 17.1 Å². The van der Waals surface area contributed by atoms with Crippen molar-refractivity contribution in [3.63, 3.8) is 0 Å². The van der Waals surface area contributed by atoms with E-state index >= 15 is 0 Å². The molecule has 0 aliphatic heterocycles. The van der Waals surface area contributed by atoms with Crippen LogP contribution in [-0.4, -0.2) is 18.8 Å². The first-order chi connectivity index (χ1) is 7.67. The first kappa shape index (κ1) is 11.7. The van der Waals surface area contributed by atoms with E-state index in [2.05, 4.69) is 15.3 Å². The molecule has 0 unspecified atom stereocenters. The van der Waals surface area contributed by atoms with Crippen LogP contribution in [0.1, 0.15) is 0 Å². The quantitative estimate of drug-likeness (QED) is 0.474. The largest absolute Gasteiger partial charge is 0.464 e. The minimum atomic E-state index is -0.855. The number of carbonyl (C=O) groups excluding carboxylic acids is 1. The standard InChI is InChI=1S/C10H8FN3O2/c1-16-10(15)9(6-12)14-13-8-4-2-3-7(11)5-8/h2-5,13H,1H3. The first-order valence-electron chi connectivity index (χ1n) is 4.25. The second-order valence-corrected chi connectivity index (χ2v) is 2.69. The molecule has 0 amide bonds. The molecule has 0 heterocycles. The Morgan fingerprint density at radius 2 is 2.38 bits per heavy atom. The van der Waals surface area contributed by atoms with Crippen molar-refractivity contribution in [2.24, 2.45) is 5.10 Å². The molecule has 0 aliphatic rings. The lowest BCUT2D eigenvalue weighted by atomic mass is 10.3. The van der Waals surface area contributed by atoms with Crippen molar-refractivity contribution in [2.75, 3.05) is 12.5 Å². The highest BCUT2D eigenvalue weighted by Gasteiger charge is 2.10. The number of hydrogen-bond donors (Lipinski definition) is 1. The molecule has 0 bridgehead atoms. The van der Waals surface area contributed by atoms with Gasteiger partial charge in [-0.15, -0.1) is 0 Å². The van der Waals surface area contributed by atoms with Crippen molar-refractivity contribution in [2.45, 2.75) is 0 Å². The molecule has 0 fully saturated rings. The Morgan fingerprint density at radius 1 is 1.62 bits per heavy atom. The number of carbonyl (C=O) groups is 1. The summed E-state index contributed by atoms with van der Waals surface area (Å²) < 4.78 is 17.1. The maximum absolute atomic E-state index is 12.8. The Kier molecular flexibility index (Phi) is 3.98. The Hall–Kier alpha value is -2.42. The number of nitriles is 1. The first-order valence-corrected chi connectivity index (χ1v) is 4.25. The van der Waals surface area contributed by atoms with Crippen molar-refractivity contribution in [3.8, 4) is 6.07 Å². The fourth-order valence-corrected chi connectivity index (χ4v) is 0.891. The molecule has 0 atom stereocenters. The normalized spacial score (nSPS) is 10.4. The van der Waals surface area contributed by atoms with Crippen molar-refractivity contribution in [1.82, 2.24) is 0 Å². The predicted octanol–water partition coefficient (Wildman–Crippen LogP) is 1.29. The van der Waals surface area contributed by atoms with Gasteiger partial charge in [0.15, 0.2) is 0 Å². The molecule has 1 aromatic carbocycles. The van der Waals surface area contributed by atoms with E-state index < -0.39 is 17.5 Å². The third-order valence-electron chi connectivity index (χ3n) is 1.61. The van der Waals surface area contributed by atoms with E-state index in [1.807, 2.05) is 0 Å². The number of rotatable bonds is 3. The van der Waals surface area contributed by atoms with Gasteiger partial charge in [0.2, 0.25) is 5.71 Å². The molecular formula is C10H8FN3O2. The van der Waals surface area contributed by atoms with Crippen LogP contribution >= 0.6 is 0 Å². The van der Waals surface area contributed by atoms with Crippen molar-refractivity contribution in [3.05, 3.63) is 30.1 Å². The zero-order valence-electron chi connectivity index (χ0n) is 8.40. The SMILES string of the molecule is COC(=O)C(C#N)=NNc1cccc(F)c1. The average Bonchev–Trinajstić information content (AvgIpc) is 2.29. The molecule has 0 aliphatic carbocycles. The lowest BCUT2D eigenvalue weighted by Gasteiger charge is -2.00. The summed E-state index contributed by atoms with van der Waals surface area (Å²) in [5.74, 6) is -1.30. The van der Waals surface area contributed by atoms with Gasteiger partial charge in [0.1, 0.15) is 11.9 Å². The van der Waals surface area contributed by atoms with Gasteiger partial charge in [-0.1, -0.05) is 6.07 Å². The van der Waals surface area contributed by atoms with Gasteiger partial charge in [-0.05, 0) is 18.2 Å². The van der Waals surface area contributed by atoms with Crippen LogP contribution in [0.4, 0.5) is 10.1 Å². The fraction of sp³-hybridized carbons (Fsp3) is 0.100. The fourth-order valence-electron chi connectivity index (χ4n) is 0.891. The molecule has 0 saturated carbocycles. The molecule has 0 radical (unpaired) electrons. The number of ether oxygens (including phenoxy) is 1. The smallest absolute Gasteiger partial charge is 0.369 e. The maximum Gasteiger partial charge on any atom is 0.369 e. The van der Waals surface area contributed by atoms with E-state index in [1.54, 1.807) is 12.1 Å². The number of nitrogens with one attached hydrogen (secondary N) is 1. The van der Waals surface area contributed by atoms with Gasteiger partial charge < -0.3 is 4.74 Å². The summed E-state index contributed by atoms with van der Waals surface area (Å²) >= 11 is 0. The molecule has 1 N–H and O–H groups in total. The predicted molar refractivity (Wildman–Crippen MR) is 55.1 cm³/mol. The number of methoxy groups -OCH3 is 1. The Balaban J connectivity index is 2.79. The highest BCUT2D eigenvalue weighted by molar-refractivity contribution is 6.43. The van der Waals surface area contributed by atoms with E-state index in [0.717, 1.165) is 7.11 Å².